The highest BCUT2D eigenvalue weighted by molar-refractivity contribution is 5.75. The summed E-state index contributed by atoms with van der Waals surface area (Å²) < 4.78 is 19.7. The van der Waals surface area contributed by atoms with Crippen LogP contribution < -0.4 is 5.32 Å². The minimum absolute atomic E-state index is 0.338. The number of nitrogens with one attached hydrogen (secondary N) is 1. The number of aromatic nitrogens is 1. The molecule has 27 heavy (non-hydrogen) atoms. The first-order chi connectivity index (χ1) is 12.9. The van der Waals surface area contributed by atoms with E-state index in [1.54, 1.807) is 12.1 Å². The topological polar surface area (TPSA) is 61.9 Å². The highest BCUT2D eigenvalue weighted by Gasteiger charge is 2.45. The van der Waals surface area contributed by atoms with E-state index in [1.165, 1.54) is 6.07 Å². The summed E-state index contributed by atoms with van der Waals surface area (Å²) in [6.07, 6.45) is 1.66. The molecule has 1 aliphatic carbocycles. The van der Waals surface area contributed by atoms with Crippen molar-refractivity contribution < 1.29 is 8.91 Å². The van der Waals surface area contributed by atoms with E-state index in [1.807, 2.05) is 39.0 Å². The molecule has 0 spiro atoms. The molecule has 1 N–H and O–H groups in total. The summed E-state index contributed by atoms with van der Waals surface area (Å²) in [4.78, 5) is 0. The van der Waals surface area contributed by atoms with E-state index >= 15 is 0 Å². The molecule has 5 heteroatoms. The fourth-order valence-electron chi connectivity index (χ4n) is 3.46. The molecular formula is C22H20FN3O. The van der Waals surface area contributed by atoms with Crippen LogP contribution in [-0.4, -0.2) is 5.16 Å². The molecule has 3 aromatic rings. The summed E-state index contributed by atoms with van der Waals surface area (Å²) >= 11 is 0. The lowest BCUT2D eigenvalue weighted by Crippen LogP contribution is -2.05. The van der Waals surface area contributed by atoms with Gasteiger partial charge < -0.3 is 9.84 Å². The number of halogens is 1. The Hall–Kier alpha value is -3.13. The third-order valence-corrected chi connectivity index (χ3v) is 5.31. The van der Waals surface area contributed by atoms with Crippen molar-refractivity contribution in [2.45, 2.75) is 39.0 Å². The van der Waals surface area contributed by atoms with Crippen LogP contribution in [0.4, 0.5) is 15.8 Å². The first-order valence-electron chi connectivity index (χ1n) is 8.96. The van der Waals surface area contributed by atoms with Crippen LogP contribution in [0.25, 0.3) is 11.1 Å². The van der Waals surface area contributed by atoms with Crippen molar-refractivity contribution in [3.05, 3.63) is 64.8 Å². The molecule has 0 aliphatic heterocycles. The zero-order valence-corrected chi connectivity index (χ0v) is 15.6. The van der Waals surface area contributed by atoms with Crippen molar-refractivity contribution in [2.24, 2.45) is 0 Å². The molecule has 136 valence electrons. The van der Waals surface area contributed by atoms with E-state index in [4.69, 9.17) is 4.52 Å². The molecule has 4 nitrogen and oxygen atoms in total. The monoisotopic (exact) mass is 361 g/mol. The largest absolute Gasteiger partial charge is 0.361 e. The second-order valence-electron chi connectivity index (χ2n) is 7.24. The smallest absolute Gasteiger partial charge is 0.146 e. The molecule has 2 aromatic carbocycles. The summed E-state index contributed by atoms with van der Waals surface area (Å²) in [5.41, 5.74) is 5.35. The predicted molar refractivity (Wildman–Crippen MR) is 102 cm³/mol. The predicted octanol–water partition coefficient (Wildman–Crippen LogP) is 5.70. The molecular weight excluding hydrogens is 341 g/mol. The van der Waals surface area contributed by atoms with Gasteiger partial charge >= 0.3 is 0 Å². The normalized spacial score (nSPS) is 14.6. The van der Waals surface area contributed by atoms with Crippen LogP contribution in [0.15, 0.2) is 40.9 Å². The molecule has 1 aromatic heterocycles. The fraction of sp³-hybridized carbons (Fsp3) is 0.273. The molecule has 1 heterocycles. The highest BCUT2D eigenvalue weighted by Crippen LogP contribution is 2.48. The first kappa shape index (κ1) is 17.3. The zero-order chi connectivity index (χ0) is 19.2. The molecule has 0 unspecified atom stereocenters. The van der Waals surface area contributed by atoms with E-state index in [-0.39, 0.29) is 5.82 Å². The summed E-state index contributed by atoms with van der Waals surface area (Å²) in [6, 6.07) is 13.2. The van der Waals surface area contributed by atoms with Gasteiger partial charge in [-0.25, -0.2) is 4.39 Å². The van der Waals surface area contributed by atoms with Crippen LogP contribution in [0, 0.1) is 37.9 Å². The number of anilines is 2. The van der Waals surface area contributed by atoms with E-state index in [2.05, 4.69) is 16.5 Å². The Labute approximate surface area is 157 Å². The van der Waals surface area contributed by atoms with Gasteiger partial charge in [-0.15, -0.1) is 0 Å². The summed E-state index contributed by atoms with van der Waals surface area (Å²) in [6.45, 7) is 5.75. The first-order valence-corrected chi connectivity index (χ1v) is 8.96. The van der Waals surface area contributed by atoms with Crippen LogP contribution in [0.1, 0.15) is 35.4 Å². The lowest BCUT2D eigenvalue weighted by atomic mass is 9.97. The van der Waals surface area contributed by atoms with Gasteiger partial charge in [-0.1, -0.05) is 23.4 Å². The SMILES string of the molecule is Cc1ccc(-c2c(C)noc2C)cc1Nc1cc(C2(C#N)CC2)ccc1F. The molecule has 0 saturated heterocycles. The molecule has 1 saturated carbocycles. The lowest BCUT2D eigenvalue weighted by Gasteiger charge is -2.15. The highest BCUT2D eigenvalue weighted by atomic mass is 19.1. The van der Waals surface area contributed by atoms with E-state index in [0.29, 0.717) is 5.69 Å². The van der Waals surface area contributed by atoms with Crippen LogP contribution in [-0.2, 0) is 5.41 Å². The van der Waals surface area contributed by atoms with Gasteiger partial charge in [-0.3, -0.25) is 0 Å². The van der Waals surface area contributed by atoms with Crippen LogP contribution in [0.3, 0.4) is 0 Å². The molecule has 4 rings (SSSR count). The van der Waals surface area contributed by atoms with Crippen molar-refractivity contribution >= 4 is 11.4 Å². The molecule has 1 fully saturated rings. The van der Waals surface area contributed by atoms with E-state index in [9.17, 15) is 9.65 Å². The van der Waals surface area contributed by atoms with Crippen molar-refractivity contribution in [3.8, 4) is 17.2 Å². The van der Waals surface area contributed by atoms with Crippen LogP contribution >= 0.6 is 0 Å². The van der Waals surface area contributed by atoms with Gasteiger partial charge in [0.15, 0.2) is 0 Å². The minimum Gasteiger partial charge on any atom is -0.361 e. The molecule has 0 atom stereocenters. The minimum atomic E-state index is -0.447. The maximum absolute atomic E-state index is 14.4. The molecule has 1 aliphatic rings. The molecule has 0 radical (unpaired) electrons. The molecule has 0 amide bonds. The van der Waals surface area contributed by atoms with Gasteiger partial charge in [0.1, 0.15) is 11.6 Å². The van der Waals surface area contributed by atoms with E-state index in [0.717, 1.165) is 52.2 Å². The number of rotatable bonds is 4. The second-order valence-corrected chi connectivity index (χ2v) is 7.24. The van der Waals surface area contributed by atoms with Crippen LogP contribution in [0.2, 0.25) is 0 Å². The Kier molecular flexibility index (Phi) is 4.00. The number of benzene rings is 2. The van der Waals surface area contributed by atoms with Crippen molar-refractivity contribution in [1.29, 1.82) is 5.26 Å². The average molecular weight is 361 g/mol. The van der Waals surface area contributed by atoms with Gasteiger partial charge in [-0.2, -0.15) is 5.26 Å². The van der Waals surface area contributed by atoms with Gasteiger partial charge in [0.05, 0.1) is 22.9 Å². The van der Waals surface area contributed by atoms with Crippen molar-refractivity contribution in [1.82, 2.24) is 5.16 Å². The maximum atomic E-state index is 14.4. The number of aryl methyl sites for hydroxylation is 3. The Balaban J connectivity index is 1.72. The summed E-state index contributed by atoms with van der Waals surface area (Å²) in [7, 11) is 0. The summed E-state index contributed by atoms with van der Waals surface area (Å²) in [5.74, 6) is 0.412. The standard InChI is InChI=1S/C22H20FN3O/c1-13-4-5-16(21-14(2)26-27-15(21)3)10-19(13)25-20-11-17(6-7-18(20)23)22(12-24)8-9-22/h4-7,10-11,25H,8-9H2,1-3H3. The van der Waals surface area contributed by atoms with E-state index < -0.39 is 5.41 Å². The Bertz CT molecular complexity index is 1050. The number of hydrogen-bond donors (Lipinski definition) is 1. The number of hydrogen-bond acceptors (Lipinski definition) is 4. The maximum Gasteiger partial charge on any atom is 0.146 e. The second kappa shape index (κ2) is 6.24. The van der Waals surface area contributed by atoms with Crippen molar-refractivity contribution in [3.63, 3.8) is 0 Å². The Morgan fingerprint density at radius 3 is 2.52 bits per heavy atom. The lowest BCUT2D eigenvalue weighted by molar-refractivity contribution is 0.393. The van der Waals surface area contributed by atoms with Gasteiger partial charge in [-0.05, 0) is 68.5 Å². The Morgan fingerprint density at radius 2 is 1.89 bits per heavy atom. The van der Waals surface area contributed by atoms with Crippen LogP contribution in [0.5, 0.6) is 0 Å². The Morgan fingerprint density at radius 1 is 1.11 bits per heavy atom. The van der Waals surface area contributed by atoms with Gasteiger partial charge in [0.2, 0.25) is 0 Å². The summed E-state index contributed by atoms with van der Waals surface area (Å²) in [5, 5.41) is 16.6. The third-order valence-electron chi connectivity index (χ3n) is 5.31. The molecule has 0 bridgehead atoms. The average Bonchev–Trinajstić information content (AvgIpc) is 3.39. The third kappa shape index (κ3) is 2.97. The number of nitrogens with zero attached hydrogens (tertiary/aromatic N) is 2. The van der Waals surface area contributed by atoms with Crippen molar-refractivity contribution in [2.75, 3.05) is 5.32 Å². The van der Waals surface area contributed by atoms with Gasteiger partial charge in [0.25, 0.3) is 0 Å². The quantitative estimate of drug-likeness (QED) is 0.647. The fourth-order valence-corrected chi connectivity index (χ4v) is 3.46. The number of nitriles is 1. The zero-order valence-electron chi connectivity index (χ0n) is 15.6. The van der Waals surface area contributed by atoms with Gasteiger partial charge in [0, 0.05) is 11.3 Å².